The second-order valence-electron chi connectivity index (χ2n) is 4.39. The monoisotopic (exact) mass is 225 g/mol. The lowest BCUT2D eigenvalue weighted by molar-refractivity contribution is 0.886. The van der Waals surface area contributed by atoms with Crippen molar-refractivity contribution in [1.29, 1.82) is 0 Å². The fourth-order valence-electron chi connectivity index (χ4n) is 2.18. The Kier molecular flexibility index (Phi) is 2.74. The third kappa shape index (κ3) is 2.28. The fourth-order valence-corrected chi connectivity index (χ4v) is 2.18. The first kappa shape index (κ1) is 10.3. The Morgan fingerprint density at radius 2 is 1.88 bits per heavy atom. The van der Waals surface area contributed by atoms with Crippen molar-refractivity contribution >= 4 is 23.3 Å². The average Bonchev–Trinajstić information content (AvgIpc) is 2.78. The predicted molar refractivity (Wildman–Crippen MR) is 72.4 cm³/mol. The predicted octanol–water partition coefficient (Wildman–Crippen LogP) is 3.45. The van der Waals surface area contributed by atoms with E-state index in [0.29, 0.717) is 0 Å². The number of hydrogen-bond donors (Lipinski definition) is 1. The van der Waals surface area contributed by atoms with Gasteiger partial charge in [-0.05, 0) is 49.5 Å². The first-order valence-corrected chi connectivity index (χ1v) is 6.09. The molecule has 2 aliphatic rings. The third-order valence-electron chi connectivity index (χ3n) is 3.12. The van der Waals surface area contributed by atoms with Crippen LogP contribution in [0, 0.1) is 0 Å². The molecule has 1 N–H and O–H groups in total. The van der Waals surface area contributed by atoms with E-state index in [2.05, 4.69) is 27.7 Å². The van der Waals surface area contributed by atoms with Crippen molar-refractivity contribution in [3.63, 3.8) is 0 Å². The molecule has 1 aromatic carbocycles. The SMILES string of the molecule is C1=Cc2ccccc2NN=C1N=C1CCCC1. The van der Waals surface area contributed by atoms with E-state index < -0.39 is 0 Å². The van der Waals surface area contributed by atoms with Crippen LogP contribution in [0.1, 0.15) is 31.2 Å². The first-order chi connectivity index (χ1) is 8.42. The fraction of sp³-hybridized carbons (Fsp3) is 0.286. The molecule has 0 atom stereocenters. The molecule has 0 unspecified atom stereocenters. The number of rotatable bonds is 0. The van der Waals surface area contributed by atoms with E-state index in [1.165, 1.54) is 18.6 Å². The number of aliphatic imine (C=N–C) groups is 1. The van der Waals surface area contributed by atoms with E-state index in [9.17, 15) is 0 Å². The Morgan fingerprint density at radius 3 is 2.76 bits per heavy atom. The minimum atomic E-state index is 0.776. The summed E-state index contributed by atoms with van der Waals surface area (Å²) >= 11 is 0. The Hall–Kier alpha value is -1.90. The molecule has 1 fully saturated rings. The average molecular weight is 225 g/mol. The Morgan fingerprint density at radius 1 is 1.06 bits per heavy atom. The summed E-state index contributed by atoms with van der Waals surface area (Å²) in [6.45, 7) is 0. The van der Waals surface area contributed by atoms with Gasteiger partial charge in [-0.15, -0.1) is 0 Å². The van der Waals surface area contributed by atoms with Gasteiger partial charge in [0, 0.05) is 5.71 Å². The van der Waals surface area contributed by atoms with Gasteiger partial charge in [0.15, 0.2) is 5.84 Å². The minimum absolute atomic E-state index is 0.776. The highest BCUT2D eigenvalue weighted by Gasteiger charge is 2.09. The van der Waals surface area contributed by atoms with E-state index in [1.807, 2.05) is 24.3 Å². The Labute approximate surface area is 101 Å². The van der Waals surface area contributed by atoms with Crippen molar-refractivity contribution in [1.82, 2.24) is 0 Å². The molecule has 1 saturated carbocycles. The van der Waals surface area contributed by atoms with Gasteiger partial charge < -0.3 is 0 Å². The molecule has 0 aromatic heterocycles. The standard InChI is InChI=1S/C14H15N3/c1-4-8-13-11(5-1)9-10-14(17-16-13)15-12-6-2-3-7-12/h1,4-5,8-10,16H,2-3,6-7H2. The van der Waals surface area contributed by atoms with Gasteiger partial charge >= 0.3 is 0 Å². The van der Waals surface area contributed by atoms with Gasteiger partial charge in [0.05, 0.1) is 5.69 Å². The molecule has 86 valence electrons. The topological polar surface area (TPSA) is 36.8 Å². The van der Waals surface area contributed by atoms with Crippen molar-refractivity contribution in [2.75, 3.05) is 5.43 Å². The number of anilines is 1. The van der Waals surface area contributed by atoms with Gasteiger partial charge in [-0.3, -0.25) is 5.43 Å². The van der Waals surface area contributed by atoms with Gasteiger partial charge in [-0.25, -0.2) is 4.99 Å². The van der Waals surface area contributed by atoms with E-state index in [1.54, 1.807) is 0 Å². The number of amidine groups is 1. The second kappa shape index (κ2) is 4.53. The van der Waals surface area contributed by atoms with Crippen molar-refractivity contribution in [3.8, 4) is 0 Å². The summed E-state index contributed by atoms with van der Waals surface area (Å²) in [5.74, 6) is 0.776. The molecule has 3 nitrogen and oxygen atoms in total. The van der Waals surface area contributed by atoms with Gasteiger partial charge in [-0.1, -0.05) is 18.2 Å². The molecule has 17 heavy (non-hydrogen) atoms. The van der Waals surface area contributed by atoms with Crippen LogP contribution in [0.2, 0.25) is 0 Å². The highest BCUT2D eigenvalue weighted by Crippen LogP contribution is 2.20. The van der Waals surface area contributed by atoms with Crippen LogP contribution in [0.3, 0.4) is 0 Å². The molecule has 3 heteroatoms. The summed E-state index contributed by atoms with van der Waals surface area (Å²) in [5.41, 5.74) is 6.53. The Bertz CT molecular complexity index is 504. The molecule has 1 aromatic rings. The highest BCUT2D eigenvalue weighted by molar-refractivity contribution is 6.06. The summed E-state index contributed by atoms with van der Waals surface area (Å²) < 4.78 is 0. The van der Waals surface area contributed by atoms with Crippen molar-refractivity contribution < 1.29 is 0 Å². The van der Waals surface area contributed by atoms with Crippen LogP contribution in [0.4, 0.5) is 5.69 Å². The molecule has 1 heterocycles. The molecule has 1 aliphatic carbocycles. The summed E-state index contributed by atoms with van der Waals surface area (Å²) in [6.07, 6.45) is 8.82. The number of hydrazone groups is 1. The zero-order chi connectivity index (χ0) is 11.5. The van der Waals surface area contributed by atoms with Crippen molar-refractivity contribution in [2.24, 2.45) is 10.1 Å². The normalized spacial score (nSPS) is 18.1. The maximum absolute atomic E-state index is 4.60. The number of nitrogens with one attached hydrogen (secondary N) is 1. The van der Waals surface area contributed by atoms with Gasteiger partial charge in [0.2, 0.25) is 0 Å². The van der Waals surface area contributed by atoms with E-state index in [-0.39, 0.29) is 0 Å². The number of nitrogens with zero attached hydrogens (tertiary/aromatic N) is 2. The molecule has 1 aliphatic heterocycles. The maximum Gasteiger partial charge on any atom is 0.171 e. The van der Waals surface area contributed by atoms with Crippen LogP contribution in [-0.2, 0) is 0 Å². The van der Waals surface area contributed by atoms with Gasteiger partial charge in [-0.2, -0.15) is 5.10 Å². The number of para-hydroxylation sites is 1. The molecule has 0 saturated heterocycles. The van der Waals surface area contributed by atoms with Crippen LogP contribution in [0.15, 0.2) is 40.4 Å². The van der Waals surface area contributed by atoms with Gasteiger partial charge in [0.25, 0.3) is 0 Å². The lowest BCUT2D eigenvalue weighted by Gasteiger charge is -2.01. The summed E-state index contributed by atoms with van der Waals surface area (Å²) in [6, 6.07) is 8.12. The second-order valence-corrected chi connectivity index (χ2v) is 4.39. The summed E-state index contributed by atoms with van der Waals surface area (Å²) in [4.78, 5) is 4.60. The molecular weight excluding hydrogens is 210 g/mol. The zero-order valence-electron chi connectivity index (χ0n) is 9.69. The van der Waals surface area contributed by atoms with Gasteiger partial charge in [0.1, 0.15) is 0 Å². The molecule has 3 rings (SSSR count). The minimum Gasteiger partial charge on any atom is -0.276 e. The Balaban J connectivity index is 1.86. The van der Waals surface area contributed by atoms with Crippen LogP contribution in [-0.4, -0.2) is 11.5 Å². The van der Waals surface area contributed by atoms with Crippen molar-refractivity contribution in [2.45, 2.75) is 25.7 Å². The molecule has 0 amide bonds. The molecular formula is C14H15N3. The zero-order valence-corrected chi connectivity index (χ0v) is 9.69. The quantitative estimate of drug-likeness (QED) is 0.721. The third-order valence-corrected chi connectivity index (χ3v) is 3.12. The molecule has 0 bridgehead atoms. The highest BCUT2D eigenvalue weighted by atomic mass is 15.3. The van der Waals surface area contributed by atoms with E-state index in [4.69, 9.17) is 0 Å². The number of hydrogen-bond acceptors (Lipinski definition) is 3. The lowest BCUT2D eigenvalue weighted by atomic mass is 10.2. The maximum atomic E-state index is 4.60. The number of benzene rings is 1. The molecule has 0 spiro atoms. The lowest BCUT2D eigenvalue weighted by Crippen LogP contribution is -1.99. The molecule has 0 radical (unpaired) electrons. The number of fused-ring (bicyclic) bond motifs is 1. The van der Waals surface area contributed by atoms with Crippen molar-refractivity contribution in [3.05, 3.63) is 35.9 Å². The van der Waals surface area contributed by atoms with Crippen LogP contribution >= 0.6 is 0 Å². The van der Waals surface area contributed by atoms with Crippen LogP contribution < -0.4 is 5.43 Å². The van der Waals surface area contributed by atoms with E-state index in [0.717, 1.165) is 29.9 Å². The van der Waals surface area contributed by atoms with Crippen LogP contribution in [0.25, 0.3) is 6.08 Å². The summed E-state index contributed by atoms with van der Waals surface area (Å²) in [7, 11) is 0. The summed E-state index contributed by atoms with van der Waals surface area (Å²) in [5, 5.41) is 4.32. The largest absolute Gasteiger partial charge is 0.276 e. The smallest absolute Gasteiger partial charge is 0.171 e. The first-order valence-electron chi connectivity index (χ1n) is 6.09. The van der Waals surface area contributed by atoms with Crippen LogP contribution in [0.5, 0.6) is 0 Å². The van der Waals surface area contributed by atoms with E-state index >= 15 is 0 Å².